The summed E-state index contributed by atoms with van der Waals surface area (Å²) in [4.78, 5) is 8.62. The molecule has 24 heavy (non-hydrogen) atoms. The molecule has 0 aliphatic rings. The second-order valence-electron chi connectivity index (χ2n) is 4.87. The van der Waals surface area contributed by atoms with Crippen molar-refractivity contribution < 1.29 is 14.2 Å². The highest BCUT2D eigenvalue weighted by molar-refractivity contribution is 5.66. The first kappa shape index (κ1) is 17.6. The molecule has 2 aromatic rings. The van der Waals surface area contributed by atoms with E-state index in [0.717, 1.165) is 24.5 Å². The largest absolute Gasteiger partial charge is 0.493 e. The Balaban J connectivity index is 2.20. The van der Waals surface area contributed by atoms with Gasteiger partial charge in [-0.2, -0.15) is 4.98 Å². The topological polar surface area (TPSA) is 104 Å². The van der Waals surface area contributed by atoms with E-state index in [1.54, 1.807) is 45.7 Å². The zero-order valence-corrected chi connectivity index (χ0v) is 14.1. The van der Waals surface area contributed by atoms with E-state index in [9.17, 15) is 0 Å². The highest BCUT2D eigenvalue weighted by Gasteiger charge is 2.13. The maximum atomic E-state index is 5.48. The first-order chi connectivity index (χ1) is 11.7. The van der Waals surface area contributed by atoms with Crippen molar-refractivity contribution in [2.24, 2.45) is 5.73 Å². The Labute approximate surface area is 141 Å². The zero-order chi connectivity index (χ0) is 17.4. The third-order valence-corrected chi connectivity index (χ3v) is 3.26. The predicted octanol–water partition coefficient (Wildman–Crippen LogP) is 2.01. The van der Waals surface area contributed by atoms with Crippen molar-refractivity contribution in [2.45, 2.75) is 6.42 Å². The van der Waals surface area contributed by atoms with Gasteiger partial charge >= 0.3 is 0 Å². The lowest BCUT2D eigenvalue weighted by atomic mass is 10.2. The number of anilines is 3. The molecular weight excluding hydrogens is 310 g/mol. The zero-order valence-electron chi connectivity index (χ0n) is 14.1. The van der Waals surface area contributed by atoms with Crippen LogP contribution >= 0.6 is 0 Å². The standard InChI is InChI=1S/C16H23N5O3/c1-22-12-9-11(10-13(23-2)15(12)24-3)20-16-19-8-5-14(21-16)18-7-4-6-17/h5,8-10H,4,6-7,17H2,1-3H3,(H2,18,19,20,21). The van der Waals surface area contributed by atoms with Crippen LogP contribution < -0.4 is 30.6 Å². The van der Waals surface area contributed by atoms with Crippen LogP contribution in [0.15, 0.2) is 24.4 Å². The van der Waals surface area contributed by atoms with Crippen molar-refractivity contribution in [3.05, 3.63) is 24.4 Å². The lowest BCUT2D eigenvalue weighted by molar-refractivity contribution is 0.324. The van der Waals surface area contributed by atoms with Gasteiger partial charge in [0.1, 0.15) is 5.82 Å². The Bertz CT molecular complexity index is 641. The number of nitrogens with one attached hydrogen (secondary N) is 2. The van der Waals surface area contributed by atoms with Crippen molar-refractivity contribution in [3.63, 3.8) is 0 Å². The minimum atomic E-state index is 0.460. The van der Waals surface area contributed by atoms with E-state index in [1.807, 2.05) is 0 Å². The fourth-order valence-corrected chi connectivity index (χ4v) is 2.12. The van der Waals surface area contributed by atoms with Crippen molar-refractivity contribution in [3.8, 4) is 17.2 Å². The van der Waals surface area contributed by atoms with Crippen molar-refractivity contribution in [1.29, 1.82) is 0 Å². The quantitative estimate of drug-likeness (QED) is 0.599. The van der Waals surface area contributed by atoms with Crippen molar-refractivity contribution >= 4 is 17.5 Å². The number of rotatable bonds is 9. The molecule has 0 radical (unpaired) electrons. The number of hydrogen-bond acceptors (Lipinski definition) is 8. The molecule has 4 N–H and O–H groups in total. The molecule has 0 unspecified atom stereocenters. The van der Waals surface area contributed by atoms with Crippen LogP contribution in [0.1, 0.15) is 6.42 Å². The highest BCUT2D eigenvalue weighted by Crippen LogP contribution is 2.40. The lowest BCUT2D eigenvalue weighted by Gasteiger charge is -2.14. The van der Waals surface area contributed by atoms with E-state index in [1.165, 1.54) is 0 Å². The Kier molecular flexibility index (Phi) is 6.44. The second-order valence-corrected chi connectivity index (χ2v) is 4.87. The molecule has 0 spiro atoms. The summed E-state index contributed by atoms with van der Waals surface area (Å²) < 4.78 is 16.0. The van der Waals surface area contributed by atoms with Gasteiger partial charge in [-0.1, -0.05) is 0 Å². The first-order valence-electron chi connectivity index (χ1n) is 7.55. The number of hydrogen-bond donors (Lipinski definition) is 3. The first-order valence-corrected chi connectivity index (χ1v) is 7.55. The van der Waals surface area contributed by atoms with Crippen LogP contribution in [-0.2, 0) is 0 Å². The normalized spacial score (nSPS) is 10.2. The van der Waals surface area contributed by atoms with Gasteiger partial charge in [0.15, 0.2) is 11.5 Å². The van der Waals surface area contributed by atoms with Crippen LogP contribution in [0.4, 0.5) is 17.5 Å². The fourth-order valence-electron chi connectivity index (χ4n) is 2.12. The lowest BCUT2D eigenvalue weighted by Crippen LogP contribution is -2.10. The number of ether oxygens (including phenoxy) is 3. The number of nitrogens with two attached hydrogens (primary N) is 1. The van der Waals surface area contributed by atoms with Gasteiger partial charge in [-0.15, -0.1) is 0 Å². The minimum Gasteiger partial charge on any atom is -0.493 e. The molecule has 0 aliphatic carbocycles. The summed E-state index contributed by atoms with van der Waals surface area (Å²) in [5.41, 5.74) is 6.21. The number of nitrogens with zero attached hydrogens (tertiary/aromatic N) is 2. The van der Waals surface area contributed by atoms with Gasteiger partial charge in [-0.25, -0.2) is 4.98 Å². The Morgan fingerprint density at radius 1 is 1.08 bits per heavy atom. The summed E-state index contributed by atoms with van der Waals surface area (Å²) in [7, 11) is 4.70. The second kappa shape index (κ2) is 8.78. The summed E-state index contributed by atoms with van der Waals surface area (Å²) in [6, 6.07) is 5.38. The smallest absolute Gasteiger partial charge is 0.229 e. The van der Waals surface area contributed by atoms with Gasteiger partial charge in [0.2, 0.25) is 11.7 Å². The highest BCUT2D eigenvalue weighted by atomic mass is 16.5. The van der Waals surface area contributed by atoms with Gasteiger partial charge < -0.3 is 30.6 Å². The van der Waals surface area contributed by atoms with E-state index in [0.29, 0.717) is 29.7 Å². The number of methoxy groups -OCH3 is 3. The van der Waals surface area contributed by atoms with Crippen LogP contribution in [0, 0.1) is 0 Å². The molecule has 0 atom stereocenters. The van der Waals surface area contributed by atoms with Gasteiger partial charge in [-0.05, 0) is 19.0 Å². The SMILES string of the molecule is COc1cc(Nc2nccc(NCCCN)n2)cc(OC)c1OC. The molecule has 0 saturated carbocycles. The van der Waals surface area contributed by atoms with Gasteiger partial charge in [0.25, 0.3) is 0 Å². The van der Waals surface area contributed by atoms with Crippen LogP contribution in [0.3, 0.4) is 0 Å². The third kappa shape index (κ3) is 4.39. The average molecular weight is 333 g/mol. The van der Waals surface area contributed by atoms with E-state index in [4.69, 9.17) is 19.9 Å². The molecule has 2 rings (SSSR count). The summed E-state index contributed by atoms with van der Waals surface area (Å²) in [6.07, 6.45) is 2.55. The summed E-state index contributed by atoms with van der Waals surface area (Å²) in [5, 5.41) is 6.33. The van der Waals surface area contributed by atoms with Gasteiger partial charge in [0.05, 0.1) is 21.3 Å². The molecule has 8 nitrogen and oxygen atoms in total. The van der Waals surface area contributed by atoms with E-state index < -0.39 is 0 Å². The number of benzene rings is 1. The molecule has 0 aliphatic heterocycles. The molecule has 8 heteroatoms. The Hall–Kier alpha value is -2.74. The van der Waals surface area contributed by atoms with Crippen LogP contribution in [0.25, 0.3) is 0 Å². The fraction of sp³-hybridized carbons (Fsp3) is 0.375. The van der Waals surface area contributed by atoms with Crippen LogP contribution in [0.5, 0.6) is 17.2 Å². The van der Waals surface area contributed by atoms with Crippen LogP contribution in [0.2, 0.25) is 0 Å². The molecule has 1 heterocycles. The minimum absolute atomic E-state index is 0.460. The average Bonchev–Trinajstić information content (AvgIpc) is 2.61. The van der Waals surface area contributed by atoms with E-state index in [-0.39, 0.29) is 0 Å². The Morgan fingerprint density at radius 3 is 2.38 bits per heavy atom. The molecule has 0 amide bonds. The monoisotopic (exact) mass is 333 g/mol. The molecule has 0 saturated heterocycles. The van der Waals surface area contributed by atoms with E-state index in [2.05, 4.69) is 20.6 Å². The summed E-state index contributed by atoms with van der Waals surface area (Å²) >= 11 is 0. The maximum absolute atomic E-state index is 5.48. The Morgan fingerprint density at radius 2 is 1.79 bits per heavy atom. The number of aromatic nitrogens is 2. The van der Waals surface area contributed by atoms with Gasteiger partial charge in [0, 0.05) is 30.6 Å². The van der Waals surface area contributed by atoms with Crippen molar-refractivity contribution in [2.75, 3.05) is 45.1 Å². The molecule has 0 bridgehead atoms. The summed E-state index contributed by atoms with van der Waals surface area (Å²) in [6.45, 7) is 1.39. The molecular formula is C16H23N5O3. The molecule has 1 aromatic carbocycles. The van der Waals surface area contributed by atoms with Crippen LogP contribution in [-0.4, -0.2) is 44.4 Å². The molecule has 130 valence electrons. The van der Waals surface area contributed by atoms with Gasteiger partial charge in [-0.3, -0.25) is 0 Å². The van der Waals surface area contributed by atoms with Crippen molar-refractivity contribution in [1.82, 2.24) is 9.97 Å². The summed E-state index contributed by atoms with van der Waals surface area (Å²) in [5.74, 6) is 2.83. The third-order valence-electron chi connectivity index (χ3n) is 3.26. The maximum Gasteiger partial charge on any atom is 0.229 e. The molecule has 0 fully saturated rings. The predicted molar refractivity (Wildman–Crippen MR) is 93.6 cm³/mol. The molecule has 1 aromatic heterocycles. The van der Waals surface area contributed by atoms with E-state index >= 15 is 0 Å².